The molecule has 0 fully saturated rings. The minimum Gasteiger partial charge on any atom is -0.481 e. The van der Waals surface area contributed by atoms with Gasteiger partial charge in [-0.2, -0.15) is 12.6 Å². The van der Waals surface area contributed by atoms with Crippen LogP contribution in [0.1, 0.15) is 52.4 Å². The fourth-order valence-corrected chi connectivity index (χ4v) is 2.34. The maximum atomic E-state index is 11.4. The van der Waals surface area contributed by atoms with Crippen LogP contribution in [0, 0.1) is 5.41 Å². The van der Waals surface area contributed by atoms with E-state index in [1.807, 2.05) is 6.92 Å². The Kier molecular flexibility index (Phi) is 9.65. The lowest BCUT2D eigenvalue weighted by Crippen LogP contribution is -2.33. The molecule has 1 N–H and O–H groups in total. The molecule has 4 heteroatoms. The Morgan fingerprint density at radius 2 is 1.88 bits per heavy atom. The quantitative estimate of drug-likeness (QED) is 0.443. The first-order valence-corrected chi connectivity index (χ1v) is 7.18. The molecule has 0 aromatic heterocycles. The van der Waals surface area contributed by atoms with Gasteiger partial charge in [0.25, 0.3) is 0 Å². The van der Waals surface area contributed by atoms with Gasteiger partial charge < -0.3 is 9.84 Å². The molecular weight excluding hydrogens is 236 g/mol. The molecule has 0 aliphatic rings. The van der Waals surface area contributed by atoms with Crippen LogP contribution in [0.4, 0.5) is 0 Å². The summed E-state index contributed by atoms with van der Waals surface area (Å²) in [7, 11) is 0. The highest BCUT2D eigenvalue weighted by Gasteiger charge is 2.35. The van der Waals surface area contributed by atoms with Gasteiger partial charge in [-0.25, -0.2) is 0 Å². The van der Waals surface area contributed by atoms with E-state index in [9.17, 15) is 9.90 Å². The minimum absolute atomic E-state index is 0.428. The van der Waals surface area contributed by atoms with Crippen LogP contribution >= 0.6 is 12.6 Å². The molecule has 0 bridgehead atoms. The zero-order chi connectivity index (χ0) is 13.1. The normalized spacial score (nSPS) is 14.5. The molecule has 17 heavy (non-hydrogen) atoms. The SMILES string of the molecule is CCCCC(CS)(CCCCOCC)C(=O)O. The lowest BCUT2D eigenvalue weighted by molar-refractivity contribution is -0.148. The molecule has 1 unspecified atom stereocenters. The number of thiol groups is 1. The van der Waals surface area contributed by atoms with Crippen LogP contribution in [0.15, 0.2) is 0 Å². The summed E-state index contributed by atoms with van der Waals surface area (Å²) in [5.74, 6) is -0.269. The van der Waals surface area contributed by atoms with Crippen molar-refractivity contribution in [3.8, 4) is 0 Å². The first-order valence-electron chi connectivity index (χ1n) is 6.55. The molecule has 0 saturated heterocycles. The molecule has 102 valence electrons. The van der Waals surface area contributed by atoms with Crippen molar-refractivity contribution in [3.05, 3.63) is 0 Å². The second kappa shape index (κ2) is 9.77. The van der Waals surface area contributed by atoms with Gasteiger partial charge >= 0.3 is 5.97 Å². The van der Waals surface area contributed by atoms with Gasteiger partial charge in [-0.1, -0.05) is 19.8 Å². The van der Waals surface area contributed by atoms with E-state index in [4.69, 9.17) is 4.74 Å². The van der Waals surface area contributed by atoms with Crippen LogP contribution in [0.5, 0.6) is 0 Å². The molecule has 0 heterocycles. The van der Waals surface area contributed by atoms with Crippen molar-refractivity contribution in [2.24, 2.45) is 5.41 Å². The average Bonchev–Trinajstić information content (AvgIpc) is 2.32. The highest BCUT2D eigenvalue weighted by molar-refractivity contribution is 7.80. The monoisotopic (exact) mass is 262 g/mol. The highest BCUT2D eigenvalue weighted by Crippen LogP contribution is 2.32. The van der Waals surface area contributed by atoms with E-state index in [-0.39, 0.29) is 0 Å². The van der Waals surface area contributed by atoms with Crippen LogP contribution in [0.25, 0.3) is 0 Å². The van der Waals surface area contributed by atoms with Crippen LogP contribution in [0.2, 0.25) is 0 Å². The number of carboxylic acid groups (broad SMARTS) is 1. The molecule has 0 aromatic carbocycles. The Balaban J connectivity index is 4.13. The first kappa shape index (κ1) is 16.8. The van der Waals surface area contributed by atoms with Crippen molar-refractivity contribution in [3.63, 3.8) is 0 Å². The number of hydrogen-bond acceptors (Lipinski definition) is 3. The van der Waals surface area contributed by atoms with E-state index >= 15 is 0 Å². The molecule has 0 aliphatic carbocycles. The Morgan fingerprint density at radius 3 is 2.35 bits per heavy atom. The third kappa shape index (κ3) is 6.32. The number of aliphatic carboxylic acids is 1. The molecule has 0 aliphatic heterocycles. The third-order valence-corrected chi connectivity index (χ3v) is 3.77. The van der Waals surface area contributed by atoms with Gasteiger partial charge in [-0.3, -0.25) is 4.79 Å². The number of carbonyl (C=O) groups is 1. The van der Waals surface area contributed by atoms with E-state index in [1.54, 1.807) is 0 Å². The fraction of sp³-hybridized carbons (Fsp3) is 0.923. The molecule has 0 amide bonds. The maximum absolute atomic E-state index is 11.4. The Hall–Kier alpha value is -0.220. The van der Waals surface area contributed by atoms with Crippen molar-refractivity contribution < 1.29 is 14.6 Å². The summed E-state index contributed by atoms with van der Waals surface area (Å²) in [6.07, 6.45) is 5.26. The summed E-state index contributed by atoms with van der Waals surface area (Å²) >= 11 is 4.24. The molecule has 0 saturated carbocycles. The molecule has 1 atom stereocenters. The lowest BCUT2D eigenvalue weighted by Gasteiger charge is -2.27. The van der Waals surface area contributed by atoms with Crippen molar-refractivity contribution in [1.82, 2.24) is 0 Å². The summed E-state index contributed by atoms with van der Waals surface area (Å²) in [5.41, 5.74) is -0.634. The summed E-state index contributed by atoms with van der Waals surface area (Å²) in [5, 5.41) is 9.37. The molecule has 0 aromatic rings. The van der Waals surface area contributed by atoms with Crippen LogP contribution in [0.3, 0.4) is 0 Å². The van der Waals surface area contributed by atoms with Crippen LogP contribution in [-0.2, 0) is 9.53 Å². The second-order valence-corrected chi connectivity index (χ2v) is 4.82. The summed E-state index contributed by atoms with van der Waals surface area (Å²) in [4.78, 5) is 11.4. The summed E-state index contributed by atoms with van der Waals surface area (Å²) in [6.45, 7) is 5.51. The van der Waals surface area contributed by atoms with Gasteiger partial charge in [0.15, 0.2) is 0 Å². The number of rotatable bonds is 11. The Labute approximate surface area is 110 Å². The molecular formula is C13H26O3S. The molecule has 0 rings (SSSR count). The number of hydrogen-bond donors (Lipinski definition) is 2. The van der Waals surface area contributed by atoms with Gasteiger partial charge in [0, 0.05) is 19.0 Å². The number of carboxylic acids is 1. The van der Waals surface area contributed by atoms with E-state index in [0.29, 0.717) is 12.2 Å². The zero-order valence-electron chi connectivity index (χ0n) is 11.1. The largest absolute Gasteiger partial charge is 0.481 e. The smallest absolute Gasteiger partial charge is 0.310 e. The molecule has 0 spiro atoms. The summed E-state index contributed by atoms with van der Waals surface area (Å²) < 4.78 is 5.26. The van der Waals surface area contributed by atoms with Gasteiger partial charge in [0.2, 0.25) is 0 Å². The van der Waals surface area contributed by atoms with Crippen LogP contribution in [-0.4, -0.2) is 30.0 Å². The van der Waals surface area contributed by atoms with Crippen molar-refractivity contribution in [2.75, 3.05) is 19.0 Å². The lowest BCUT2D eigenvalue weighted by atomic mass is 9.80. The Morgan fingerprint density at radius 1 is 1.24 bits per heavy atom. The fourth-order valence-electron chi connectivity index (χ4n) is 1.89. The third-order valence-electron chi connectivity index (χ3n) is 3.16. The second-order valence-electron chi connectivity index (χ2n) is 4.50. The van der Waals surface area contributed by atoms with E-state index in [1.165, 1.54) is 0 Å². The van der Waals surface area contributed by atoms with Crippen molar-refractivity contribution in [1.29, 1.82) is 0 Å². The predicted molar refractivity (Wildman–Crippen MR) is 73.8 cm³/mol. The van der Waals surface area contributed by atoms with Gasteiger partial charge in [-0.15, -0.1) is 0 Å². The van der Waals surface area contributed by atoms with Gasteiger partial charge in [-0.05, 0) is 32.6 Å². The topological polar surface area (TPSA) is 46.5 Å². The minimum atomic E-state index is -0.697. The number of unbranched alkanes of at least 4 members (excludes halogenated alkanes) is 2. The van der Waals surface area contributed by atoms with Crippen molar-refractivity contribution >= 4 is 18.6 Å². The van der Waals surface area contributed by atoms with Gasteiger partial charge in [0.1, 0.15) is 0 Å². The number of ether oxygens (including phenoxy) is 1. The predicted octanol–water partition coefficient (Wildman–Crippen LogP) is 3.38. The highest BCUT2D eigenvalue weighted by atomic mass is 32.1. The Bertz CT molecular complexity index is 209. The average molecular weight is 262 g/mol. The van der Waals surface area contributed by atoms with E-state index in [0.717, 1.165) is 45.3 Å². The van der Waals surface area contributed by atoms with E-state index < -0.39 is 11.4 Å². The molecule has 0 radical (unpaired) electrons. The van der Waals surface area contributed by atoms with Crippen molar-refractivity contribution in [2.45, 2.75) is 52.4 Å². The molecule has 3 nitrogen and oxygen atoms in total. The first-order chi connectivity index (χ1) is 8.13. The van der Waals surface area contributed by atoms with Crippen LogP contribution < -0.4 is 0 Å². The van der Waals surface area contributed by atoms with E-state index in [2.05, 4.69) is 19.6 Å². The summed E-state index contributed by atoms with van der Waals surface area (Å²) in [6, 6.07) is 0. The van der Waals surface area contributed by atoms with Gasteiger partial charge in [0.05, 0.1) is 5.41 Å². The standard InChI is InChI=1S/C13H26O3S/c1-3-5-8-13(11-17,12(14)15)9-6-7-10-16-4-2/h17H,3-11H2,1-2H3,(H,14,15). The zero-order valence-corrected chi connectivity index (χ0v) is 12.0. The maximum Gasteiger partial charge on any atom is 0.310 e.